The van der Waals surface area contributed by atoms with E-state index in [1.165, 1.54) is 0 Å². The zero-order valence-corrected chi connectivity index (χ0v) is 9.51. The monoisotopic (exact) mass is 217 g/mol. The Labute approximate surface area is 85.5 Å². The molecule has 7 nitrogen and oxygen atoms in total. The van der Waals surface area contributed by atoms with E-state index in [-0.39, 0.29) is 18.2 Å². The van der Waals surface area contributed by atoms with E-state index in [9.17, 15) is 0 Å². The van der Waals surface area contributed by atoms with Crippen LogP contribution in [0.1, 0.15) is 0 Å². The van der Waals surface area contributed by atoms with Crippen molar-refractivity contribution >= 4 is 35.8 Å². The summed E-state index contributed by atoms with van der Waals surface area (Å²) in [7, 11) is 3.50. The van der Waals surface area contributed by atoms with Gasteiger partial charge in [-0.2, -0.15) is 0 Å². The molecule has 78 valence electrons. The molecule has 0 saturated heterocycles. The third-order valence-corrected chi connectivity index (χ3v) is 2.81. The standard InChI is InChI=1S/C6H16N7P/c1-7-12(5,8-2)11-14-13(6,9-3)10-4/h11,14H,1-4H2,5-6H3/q+2. The molecule has 1 atom stereocenters. The fourth-order valence-corrected chi connectivity index (χ4v) is 1.08. The maximum absolute atomic E-state index is 3.78. The highest BCUT2D eigenvalue weighted by Crippen LogP contribution is 2.25. The Morgan fingerprint density at radius 3 is 1.64 bits per heavy atom. The molecular formula is C6H16N7P+2. The predicted molar refractivity (Wildman–Crippen MR) is 62.0 cm³/mol. The first-order chi connectivity index (χ1) is 6.45. The average molecular weight is 217 g/mol. The zero-order valence-electron chi connectivity index (χ0n) is 8.51. The maximum atomic E-state index is 3.78. The van der Waals surface area contributed by atoms with E-state index < -0.39 is 0 Å². The Morgan fingerprint density at radius 2 is 1.36 bits per heavy atom. The van der Waals surface area contributed by atoms with E-state index in [4.69, 9.17) is 0 Å². The van der Waals surface area contributed by atoms with Gasteiger partial charge in [0.05, 0.1) is 13.4 Å². The summed E-state index contributed by atoms with van der Waals surface area (Å²) in [6, 6.07) is 0. The molecule has 0 heterocycles. The van der Waals surface area contributed by atoms with E-state index in [1.54, 1.807) is 14.1 Å². The molecule has 1 unspecified atom stereocenters. The van der Waals surface area contributed by atoms with Crippen LogP contribution in [-0.4, -0.2) is 50.2 Å². The molecule has 1 N–H and O–H groups in total. The molecule has 0 aromatic rings. The van der Waals surface area contributed by atoms with E-state index in [0.717, 1.165) is 0 Å². The molecule has 0 aromatic heterocycles. The van der Waals surface area contributed by atoms with Crippen molar-refractivity contribution in [3.05, 3.63) is 0 Å². The van der Waals surface area contributed by atoms with Crippen LogP contribution in [0.15, 0.2) is 20.4 Å². The molecule has 0 spiro atoms. The van der Waals surface area contributed by atoms with Gasteiger partial charge < -0.3 is 0 Å². The first-order valence-corrected chi connectivity index (χ1v) is 4.60. The minimum atomic E-state index is -0.169. The molecule has 8 heteroatoms. The van der Waals surface area contributed by atoms with Gasteiger partial charge >= 0.3 is 0 Å². The highest BCUT2D eigenvalue weighted by molar-refractivity contribution is 7.28. The van der Waals surface area contributed by atoms with E-state index >= 15 is 0 Å². The lowest BCUT2D eigenvalue weighted by molar-refractivity contribution is -0.956. The third kappa shape index (κ3) is 3.39. The van der Waals surface area contributed by atoms with Crippen LogP contribution in [0, 0.1) is 0 Å². The molecule has 0 fully saturated rings. The average Bonchev–Trinajstić information content (AvgIpc) is 2.25. The van der Waals surface area contributed by atoms with Crippen molar-refractivity contribution in [2.24, 2.45) is 20.4 Å². The smallest absolute Gasteiger partial charge is 0.0677 e. The van der Waals surface area contributed by atoms with Crippen molar-refractivity contribution in [1.82, 2.24) is 5.20 Å². The van der Waals surface area contributed by atoms with Gasteiger partial charge in [-0.15, -0.1) is 0 Å². The normalized spacial score (nSPS) is 12.7. The lowest BCUT2D eigenvalue weighted by atomic mass is 11.3. The van der Waals surface area contributed by atoms with Crippen molar-refractivity contribution in [3.63, 3.8) is 0 Å². The molecular weight excluding hydrogens is 201 g/mol. The van der Waals surface area contributed by atoms with Crippen LogP contribution in [0.2, 0.25) is 0 Å². The molecule has 0 aliphatic carbocycles. The maximum Gasteiger partial charge on any atom is 0.275 e. The second-order valence-corrected chi connectivity index (χ2v) is 3.91. The second-order valence-electron chi connectivity index (χ2n) is 2.62. The van der Waals surface area contributed by atoms with Crippen LogP contribution in [0.25, 0.3) is 0 Å². The largest absolute Gasteiger partial charge is 0.275 e. The summed E-state index contributed by atoms with van der Waals surface area (Å²) >= 11 is 0. The zero-order chi connectivity index (χ0) is 11.2. The quantitative estimate of drug-likeness (QED) is 0.284. The van der Waals surface area contributed by atoms with Gasteiger partial charge in [-0.25, -0.2) is 0 Å². The van der Waals surface area contributed by atoms with Crippen molar-refractivity contribution in [1.29, 1.82) is 0 Å². The fourth-order valence-electron chi connectivity index (χ4n) is 0.420. The summed E-state index contributed by atoms with van der Waals surface area (Å²) in [5.74, 6) is 0. The van der Waals surface area contributed by atoms with Gasteiger partial charge in [0, 0.05) is 18.2 Å². The molecule has 0 aromatic carbocycles. The Morgan fingerprint density at radius 1 is 0.929 bits per heavy atom. The van der Waals surface area contributed by atoms with Gasteiger partial charge in [-0.3, -0.25) is 0 Å². The van der Waals surface area contributed by atoms with Crippen LogP contribution in [0.5, 0.6) is 0 Å². The summed E-state index contributed by atoms with van der Waals surface area (Å²) < 4.78 is -0.0150. The molecule has 0 rings (SSSR count). The number of hydrogen-bond donors (Lipinski definition) is 1. The minimum Gasteiger partial charge on any atom is -0.0677 e. The summed E-state index contributed by atoms with van der Waals surface area (Å²) in [5, 5.41) is 18.0. The number of hydrogen-bond acceptors (Lipinski definition) is 5. The van der Waals surface area contributed by atoms with Gasteiger partial charge in [0.2, 0.25) is 0 Å². The molecule has 0 amide bonds. The minimum absolute atomic E-state index is 0.0150. The number of nitrogens with zero attached hydrogens (tertiary/aromatic N) is 6. The van der Waals surface area contributed by atoms with Crippen LogP contribution < -0.4 is 5.20 Å². The summed E-state index contributed by atoms with van der Waals surface area (Å²) in [4.78, 5) is -0.169. The van der Waals surface area contributed by atoms with E-state index in [0.29, 0.717) is 0 Å². The van der Waals surface area contributed by atoms with Crippen molar-refractivity contribution in [2.75, 3.05) is 14.1 Å². The fraction of sp³-hybridized carbons (Fsp3) is 0.333. The second kappa shape index (κ2) is 5.02. The lowest BCUT2D eigenvalue weighted by Crippen LogP contribution is -2.43. The van der Waals surface area contributed by atoms with Gasteiger partial charge in [0.25, 0.3) is 8.88 Å². The van der Waals surface area contributed by atoms with Gasteiger partial charge in [-0.1, -0.05) is 14.7 Å². The number of rotatable bonds is 7. The Balaban J connectivity index is 4.42. The Bertz CT molecular complexity index is 209. The third-order valence-electron chi connectivity index (χ3n) is 1.58. The highest BCUT2D eigenvalue weighted by Gasteiger charge is 2.28. The summed E-state index contributed by atoms with van der Waals surface area (Å²) in [6.07, 6.45) is 0. The van der Waals surface area contributed by atoms with E-state index in [1.807, 2.05) is 0 Å². The molecule has 0 aliphatic rings. The Hall–Kier alpha value is -1.01. The van der Waals surface area contributed by atoms with Crippen LogP contribution >= 0.6 is 8.88 Å². The van der Waals surface area contributed by atoms with Gasteiger partial charge in [-0.05, 0) is 15.4 Å². The van der Waals surface area contributed by atoms with Crippen molar-refractivity contribution in [2.45, 2.75) is 0 Å². The van der Waals surface area contributed by atoms with Crippen LogP contribution in [0.4, 0.5) is 0 Å². The van der Waals surface area contributed by atoms with Crippen LogP contribution in [-0.2, 0) is 0 Å². The van der Waals surface area contributed by atoms with Gasteiger partial charge in [0.1, 0.15) is 14.1 Å². The predicted octanol–water partition coefficient (Wildman–Crippen LogP) is 0.355. The Kier molecular flexibility index (Phi) is 4.65. The lowest BCUT2D eigenvalue weighted by Gasteiger charge is -2.22. The first-order valence-electron chi connectivity index (χ1n) is 3.66. The summed E-state index contributed by atoms with van der Waals surface area (Å²) in [5.41, 5.74) is 0. The van der Waals surface area contributed by atoms with Crippen LogP contribution in [0.3, 0.4) is 0 Å². The summed E-state index contributed by atoms with van der Waals surface area (Å²) in [6.45, 7) is 13.6. The molecule has 0 radical (unpaired) electrons. The first kappa shape index (κ1) is 13.0. The molecule has 0 aliphatic heterocycles. The highest BCUT2D eigenvalue weighted by atomic mass is 31.1. The van der Waals surface area contributed by atoms with E-state index in [2.05, 4.69) is 52.5 Å². The van der Waals surface area contributed by atoms with Crippen molar-refractivity contribution in [3.8, 4) is 0 Å². The number of quaternary nitrogens is 2. The molecule has 0 saturated carbocycles. The molecule has 0 bridgehead atoms. The topological polar surface area (TPSA) is 61.5 Å². The van der Waals surface area contributed by atoms with Gasteiger partial charge in [0.15, 0.2) is 0 Å². The van der Waals surface area contributed by atoms with Crippen molar-refractivity contribution < 1.29 is 9.28 Å². The number of nitrogens with one attached hydrogen (secondary N) is 1. The SMILES string of the molecule is C=N[N+](C)(N=C)NP[N+](C)(N=C)N=C. The molecule has 14 heavy (non-hydrogen) atoms.